The van der Waals surface area contributed by atoms with Gasteiger partial charge in [-0.15, -0.1) is 12.3 Å². The Hall–Kier alpha value is -3.17. The Morgan fingerprint density at radius 1 is 1.21 bits per heavy atom. The SMILES string of the molecule is C#CCCSC1=N/C(=C\c2ccc3c(c2)OCO3)C(=O)N1c1ccc(C)cc1. The number of rotatable bonds is 4. The fraction of sp³-hybridized carbons (Fsp3) is 0.182. The average Bonchev–Trinajstić information content (AvgIpc) is 3.28. The summed E-state index contributed by atoms with van der Waals surface area (Å²) >= 11 is 1.48. The van der Waals surface area contributed by atoms with Crippen LogP contribution < -0.4 is 14.4 Å². The Morgan fingerprint density at radius 3 is 2.79 bits per heavy atom. The van der Waals surface area contributed by atoms with Gasteiger partial charge in [-0.05, 0) is 42.8 Å². The van der Waals surface area contributed by atoms with Crippen molar-refractivity contribution in [3.05, 3.63) is 59.3 Å². The van der Waals surface area contributed by atoms with Gasteiger partial charge in [-0.1, -0.05) is 35.5 Å². The molecule has 2 heterocycles. The molecule has 0 bridgehead atoms. The van der Waals surface area contributed by atoms with Gasteiger partial charge in [-0.2, -0.15) is 0 Å². The summed E-state index contributed by atoms with van der Waals surface area (Å²) in [6, 6.07) is 13.4. The highest BCUT2D eigenvalue weighted by Gasteiger charge is 2.31. The highest BCUT2D eigenvalue weighted by Crippen LogP contribution is 2.34. The molecule has 28 heavy (non-hydrogen) atoms. The van der Waals surface area contributed by atoms with Gasteiger partial charge in [0.2, 0.25) is 6.79 Å². The van der Waals surface area contributed by atoms with Crippen LogP contribution in [0.1, 0.15) is 17.5 Å². The number of carbonyl (C=O) groups excluding carboxylic acids is 1. The van der Waals surface area contributed by atoms with Gasteiger partial charge in [0, 0.05) is 12.2 Å². The maximum atomic E-state index is 13.1. The number of amides is 1. The molecule has 1 amide bonds. The molecule has 0 saturated carbocycles. The summed E-state index contributed by atoms with van der Waals surface area (Å²) < 4.78 is 10.7. The zero-order valence-electron chi connectivity index (χ0n) is 15.3. The van der Waals surface area contributed by atoms with Crippen molar-refractivity contribution in [3.8, 4) is 23.8 Å². The van der Waals surface area contributed by atoms with E-state index in [1.165, 1.54) is 11.8 Å². The quantitative estimate of drug-likeness (QED) is 0.446. The van der Waals surface area contributed by atoms with E-state index in [2.05, 4.69) is 10.9 Å². The van der Waals surface area contributed by atoms with E-state index in [4.69, 9.17) is 15.9 Å². The first-order valence-electron chi connectivity index (χ1n) is 8.83. The molecule has 2 aromatic carbocycles. The Bertz CT molecular complexity index is 1020. The van der Waals surface area contributed by atoms with E-state index in [1.54, 1.807) is 11.0 Å². The molecule has 0 aromatic heterocycles. The second kappa shape index (κ2) is 7.83. The van der Waals surface area contributed by atoms with E-state index in [0.717, 1.165) is 16.8 Å². The molecule has 0 saturated heterocycles. The number of amidine groups is 1. The molecule has 0 fully saturated rings. The maximum absolute atomic E-state index is 13.1. The van der Waals surface area contributed by atoms with Crippen molar-refractivity contribution < 1.29 is 14.3 Å². The Morgan fingerprint density at radius 2 is 2.00 bits per heavy atom. The predicted octanol–water partition coefficient (Wildman–Crippen LogP) is 4.22. The molecule has 5 nitrogen and oxygen atoms in total. The number of nitrogens with zero attached hydrogens (tertiary/aromatic N) is 2. The third kappa shape index (κ3) is 3.62. The number of aliphatic imine (C=N–C) groups is 1. The molecule has 2 aromatic rings. The molecule has 140 valence electrons. The smallest absolute Gasteiger partial charge is 0.283 e. The predicted molar refractivity (Wildman–Crippen MR) is 113 cm³/mol. The number of aryl methyl sites for hydroxylation is 1. The van der Waals surface area contributed by atoms with Crippen LogP contribution in [-0.4, -0.2) is 23.6 Å². The second-order valence-electron chi connectivity index (χ2n) is 6.32. The first kappa shape index (κ1) is 18.2. The largest absolute Gasteiger partial charge is 0.454 e. The minimum absolute atomic E-state index is 0.162. The van der Waals surface area contributed by atoms with Crippen LogP contribution in [0.25, 0.3) is 6.08 Å². The number of carbonyl (C=O) groups is 1. The zero-order valence-corrected chi connectivity index (χ0v) is 16.2. The van der Waals surface area contributed by atoms with Gasteiger partial charge in [0.25, 0.3) is 5.91 Å². The molecule has 0 atom stereocenters. The van der Waals surface area contributed by atoms with E-state index < -0.39 is 0 Å². The molecular formula is C22H18N2O3S. The topological polar surface area (TPSA) is 51.1 Å². The number of benzene rings is 2. The van der Waals surface area contributed by atoms with Gasteiger partial charge in [-0.3, -0.25) is 9.69 Å². The van der Waals surface area contributed by atoms with Crippen LogP contribution in [0, 0.1) is 19.3 Å². The summed E-state index contributed by atoms with van der Waals surface area (Å²) in [6.45, 7) is 2.22. The molecule has 0 radical (unpaired) electrons. The molecule has 2 aliphatic rings. The lowest BCUT2D eigenvalue weighted by Crippen LogP contribution is -2.30. The monoisotopic (exact) mass is 390 g/mol. The number of terminal acetylenes is 1. The number of hydrogen-bond acceptors (Lipinski definition) is 5. The highest BCUT2D eigenvalue weighted by atomic mass is 32.2. The van der Waals surface area contributed by atoms with Crippen molar-refractivity contribution in [2.45, 2.75) is 13.3 Å². The summed E-state index contributed by atoms with van der Waals surface area (Å²) in [5, 5.41) is 0.635. The molecule has 0 unspecified atom stereocenters. The van der Waals surface area contributed by atoms with Crippen LogP contribution in [0.4, 0.5) is 5.69 Å². The average molecular weight is 390 g/mol. The molecular weight excluding hydrogens is 372 g/mol. The van der Waals surface area contributed by atoms with Gasteiger partial charge in [0.1, 0.15) is 5.70 Å². The van der Waals surface area contributed by atoms with Crippen molar-refractivity contribution >= 4 is 34.6 Å². The fourth-order valence-corrected chi connectivity index (χ4v) is 3.76. The van der Waals surface area contributed by atoms with Crippen molar-refractivity contribution in [1.29, 1.82) is 0 Å². The lowest BCUT2D eigenvalue weighted by atomic mass is 10.1. The van der Waals surface area contributed by atoms with Crippen molar-refractivity contribution in [2.75, 3.05) is 17.4 Å². The Labute approximate surface area is 168 Å². The Balaban J connectivity index is 1.66. The summed E-state index contributed by atoms with van der Waals surface area (Å²) in [5.74, 6) is 4.53. The number of fused-ring (bicyclic) bond motifs is 1. The number of hydrogen-bond donors (Lipinski definition) is 0. The minimum Gasteiger partial charge on any atom is -0.454 e. The van der Waals surface area contributed by atoms with E-state index in [1.807, 2.05) is 49.4 Å². The summed E-state index contributed by atoms with van der Waals surface area (Å²) in [7, 11) is 0. The first-order valence-corrected chi connectivity index (χ1v) is 9.82. The lowest BCUT2D eigenvalue weighted by Gasteiger charge is -2.17. The molecule has 0 spiro atoms. The molecule has 0 N–H and O–H groups in total. The molecule has 6 heteroatoms. The number of thioether (sulfide) groups is 1. The number of anilines is 1. The second-order valence-corrected chi connectivity index (χ2v) is 7.38. The normalized spacial score (nSPS) is 16.4. The fourth-order valence-electron chi connectivity index (χ4n) is 2.88. The molecule has 2 aliphatic heterocycles. The highest BCUT2D eigenvalue weighted by molar-refractivity contribution is 8.14. The van der Waals surface area contributed by atoms with Crippen molar-refractivity contribution in [1.82, 2.24) is 0 Å². The van der Waals surface area contributed by atoms with Crippen LogP contribution in [-0.2, 0) is 4.79 Å². The van der Waals surface area contributed by atoms with Crippen LogP contribution in [0.3, 0.4) is 0 Å². The Kier molecular flexibility index (Phi) is 5.09. The molecule has 4 rings (SSSR count). The van der Waals surface area contributed by atoms with Crippen LogP contribution >= 0.6 is 11.8 Å². The number of ether oxygens (including phenoxy) is 2. The van der Waals surface area contributed by atoms with Gasteiger partial charge in [0.05, 0.1) is 5.69 Å². The van der Waals surface area contributed by atoms with Crippen molar-refractivity contribution in [3.63, 3.8) is 0 Å². The molecule has 0 aliphatic carbocycles. The summed E-state index contributed by atoms with van der Waals surface area (Å²) in [4.78, 5) is 19.3. The summed E-state index contributed by atoms with van der Waals surface area (Å²) in [6.07, 6.45) is 7.74. The van der Waals surface area contributed by atoms with Gasteiger partial charge < -0.3 is 9.47 Å². The van der Waals surface area contributed by atoms with Crippen molar-refractivity contribution in [2.24, 2.45) is 4.99 Å². The van der Waals surface area contributed by atoms with Crippen LogP contribution in [0.2, 0.25) is 0 Å². The van der Waals surface area contributed by atoms with Gasteiger partial charge >= 0.3 is 0 Å². The van der Waals surface area contributed by atoms with Crippen LogP contribution in [0.5, 0.6) is 11.5 Å². The van der Waals surface area contributed by atoms with Crippen LogP contribution in [0.15, 0.2) is 53.2 Å². The third-order valence-corrected chi connectivity index (χ3v) is 5.24. The van der Waals surface area contributed by atoms with E-state index in [9.17, 15) is 4.79 Å². The maximum Gasteiger partial charge on any atom is 0.283 e. The first-order chi connectivity index (χ1) is 13.7. The minimum atomic E-state index is -0.162. The standard InChI is InChI=1S/C22H18N2O3S/c1-3-4-11-28-22-23-18(12-16-7-10-19-20(13-16)27-14-26-19)21(25)24(22)17-8-5-15(2)6-9-17/h1,5-10,12-13H,4,11,14H2,2H3/b18-12-. The van der Waals surface area contributed by atoms with Gasteiger partial charge in [-0.25, -0.2) is 4.99 Å². The van der Waals surface area contributed by atoms with E-state index >= 15 is 0 Å². The van der Waals surface area contributed by atoms with E-state index in [-0.39, 0.29) is 12.7 Å². The van der Waals surface area contributed by atoms with E-state index in [0.29, 0.717) is 34.5 Å². The summed E-state index contributed by atoms with van der Waals surface area (Å²) in [5.41, 5.74) is 3.12. The zero-order chi connectivity index (χ0) is 19.5. The lowest BCUT2D eigenvalue weighted by molar-refractivity contribution is -0.113. The third-order valence-electron chi connectivity index (χ3n) is 4.30. The van der Waals surface area contributed by atoms with Gasteiger partial charge in [0.15, 0.2) is 16.7 Å².